The molecule has 1 N–H and O–H groups in total. The molecule has 0 radical (unpaired) electrons. The minimum Gasteiger partial charge on any atom is -0.460 e. The van der Waals surface area contributed by atoms with Gasteiger partial charge in [-0.3, -0.25) is 9.80 Å². The molecule has 0 bridgehead atoms. The lowest BCUT2D eigenvalue weighted by molar-refractivity contribution is 0.0316. The molecule has 2 aromatic rings. The third kappa shape index (κ3) is 4.36. The molecular weight excluding hydrogens is 304 g/mol. The highest BCUT2D eigenvalue weighted by Gasteiger charge is 2.14. The third-order valence-corrected chi connectivity index (χ3v) is 4.82. The molecule has 0 atom stereocenters. The summed E-state index contributed by atoms with van der Waals surface area (Å²) in [5.74, 6) is 0.963. The van der Waals surface area contributed by atoms with Gasteiger partial charge in [-0.15, -0.1) is 0 Å². The molecule has 132 valence electrons. The van der Waals surface area contributed by atoms with E-state index >= 15 is 0 Å². The van der Waals surface area contributed by atoms with Crippen LogP contribution in [-0.2, 0) is 11.3 Å². The first kappa shape index (κ1) is 17.4. The van der Waals surface area contributed by atoms with Crippen LogP contribution in [0.15, 0.2) is 22.6 Å². The van der Waals surface area contributed by atoms with Crippen LogP contribution in [0.5, 0.6) is 0 Å². The number of benzene rings is 1. The monoisotopic (exact) mass is 332 g/mol. The molecule has 1 fully saturated rings. The summed E-state index contributed by atoms with van der Waals surface area (Å²) < 4.78 is 11.4. The molecule has 0 saturated carbocycles. The molecule has 1 aromatic heterocycles. The van der Waals surface area contributed by atoms with Crippen LogP contribution in [0.2, 0.25) is 0 Å². The normalized spacial score (nSPS) is 16.3. The lowest BCUT2D eigenvalue weighted by Gasteiger charge is -2.29. The lowest BCUT2D eigenvalue weighted by Crippen LogP contribution is -2.41. The van der Waals surface area contributed by atoms with Crippen LogP contribution in [0.3, 0.4) is 0 Å². The van der Waals surface area contributed by atoms with Gasteiger partial charge >= 0.3 is 0 Å². The van der Waals surface area contributed by atoms with Gasteiger partial charge in [0.05, 0.1) is 26.4 Å². The molecule has 1 aliphatic rings. The van der Waals surface area contributed by atoms with E-state index < -0.39 is 0 Å². The Morgan fingerprint density at radius 3 is 2.58 bits per heavy atom. The number of fused-ring (bicyclic) bond motifs is 1. The summed E-state index contributed by atoms with van der Waals surface area (Å²) in [6.45, 7) is 11.4. The van der Waals surface area contributed by atoms with Crippen molar-refractivity contribution in [3.05, 3.63) is 35.1 Å². The number of nitrogens with zero attached hydrogens (tertiary/aromatic N) is 2. The summed E-state index contributed by atoms with van der Waals surface area (Å²) in [5, 5.41) is 10.5. The molecule has 2 heterocycles. The standard InChI is InChI=1S/C19H28N2O3/c1-15-11-17-13-18(24-19(17)12-16(15)2)14-21(5-8-22)4-3-20-6-9-23-10-7-20/h11-13,22H,3-10,14H2,1-2H3. The van der Waals surface area contributed by atoms with E-state index in [2.05, 4.69) is 41.8 Å². The van der Waals surface area contributed by atoms with Crippen molar-refractivity contribution in [1.82, 2.24) is 9.80 Å². The van der Waals surface area contributed by atoms with Gasteiger partial charge in [-0.1, -0.05) is 0 Å². The maximum Gasteiger partial charge on any atom is 0.134 e. The number of aliphatic hydroxyl groups excluding tert-OH is 1. The summed E-state index contributed by atoms with van der Waals surface area (Å²) in [5.41, 5.74) is 3.49. The minimum absolute atomic E-state index is 0.168. The fraction of sp³-hybridized carbons (Fsp3) is 0.579. The summed E-state index contributed by atoms with van der Waals surface area (Å²) in [7, 11) is 0. The van der Waals surface area contributed by atoms with Crippen molar-refractivity contribution < 1.29 is 14.3 Å². The quantitative estimate of drug-likeness (QED) is 0.842. The highest BCUT2D eigenvalue weighted by Crippen LogP contribution is 2.24. The first-order chi connectivity index (χ1) is 11.7. The Balaban J connectivity index is 1.63. The molecule has 0 unspecified atom stereocenters. The van der Waals surface area contributed by atoms with E-state index in [-0.39, 0.29) is 6.61 Å². The number of aliphatic hydroxyl groups is 1. The average molecular weight is 332 g/mol. The molecule has 1 aliphatic heterocycles. The fourth-order valence-electron chi connectivity index (χ4n) is 3.17. The number of morpholine rings is 1. The number of aryl methyl sites for hydroxylation is 2. The first-order valence-electron chi connectivity index (χ1n) is 8.78. The number of hydrogen-bond acceptors (Lipinski definition) is 5. The maximum absolute atomic E-state index is 9.36. The molecule has 5 heteroatoms. The van der Waals surface area contributed by atoms with Gasteiger partial charge in [0.2, 0.25) is 0 Å². The zero-order valence-corrected chi connectivity index (χ0v) is 14.8. The van der Waals surface area contributed by atoms with Gasteiger partial charge in [-0.05, 0) is 43.2 Å². The Hall–Kier alpha value is -1.40. The van der Waals surface area contributed by atoms with E-state index in [9.17, 15) is 5.11 Å². The molecule has 0 aliphatic carbocycles. The second-order valence-corrected chi connectivity index (χ2v) is 6.64. The van der Waals surface area contributed by atoms with Crippen molar-refractivity contribution >= 4 is 11.0 Å². The number of furan rings is 1. The molecular formula is C19H28N2O3. The molecule has 1 saturated heterocycles. The van der Waals surface area contributed by atoms with Gasteiger partial charge in [0.1, 0.15) is 11.3 Å². The van der Waals surface area contributed by atoms with Gasteiger partial charge < -0.3 is 14.3 Å². The molecule has 5 nitrogen and oxygen atoms in total. The zero-order chi connectivity index (χ0) is 16.9. The predicted molar refractivity (Wildman–Crippen MR) is 95.3 cm³/mol. The number of hydrogen-bond donors (Lipinski definition) is 1. The van der Waals surface area contributed by atoms with Crippen LogP contribution >= 0.6 is 0 Å². The molecule has 0 spiro atoms. The second-order valence-electron chi connectivity index (χ2n) is 6.64. The Kier molecular flexibility index (Phi) is 5.89. The van der Waals surface area contributed by atoms with Crippen LogP contribution in [0.1, 0.15) is 16.9 Å². The SMILES string of the molecule is Cc1cc2cc(CN(CCO)CCN3CCOCC3)oc2cc1C. The Morgan fingerprint density at radius 2 is 1.83 bits per heavy atom. The van der Waals surface area contributed by atoms with Crippen molar-refractivity contribution in [3.63, 3.8) is 0 Å². The zero-order valence-electron chi connectivity index (χ0n) is 14.8. The maximum atomic E-state index is 9.36. The number of rotatable bonds is 7. The van der Waals surface area contributed by atoms with Crippen molar-refractivity contribution in [1.29, 1.82) is 0 Å². The Bertz CT molecular complexity index is 623. The second kappa shape index (κ2) is 8.12. The van der Waals surface area contributed by atoms with Crippen LogP contribution in [-0.4, -0.2) is 67.5 Å². The average Bonchev–Trinajstić information content (AvgIpc) is 2.95. The van der Waals surface area contributed by atoms with Gasteiger partial charge in [0, 0.05) is 38.1 Å². The largest absolute Gasteiger partial charge is 0.460 e. The summed E-state index contributed by atoms with van der Waals surface area (Å²) >= 11 is 0. The van der Waals surface area contributed by atoms with E-state index in [0.29, 0.717) is 6.54 Å². The van der Waals surface area contributed by atoms with Gasteiger partial charge in [-0.25, -0.2) is 0 Å². The van der Waals surface area contributed by atoms with Crippen LogP contribution < -0.4 is 0 Å². The summed E-state index contributed by atoms with van der Waals surface area (Å²) in [6.07, 6.45) is 0. The van der Waals surface area contributed by atoms with Crippen molar-refractivity contribution in [2.75, 3.05) is 52.5 Å². The predicted octanol–water partition coefficient (Wildman–Crippen LogP) is 2.18. The van der Waals surface area contributed by atoms with E-state index in [1.807, 2.05) is 0 Å². The van der Waals surface area contributed by atoms with E-state index in [0.717, 1.165) is 62.7 Å². The topological polar surface area (TPSA) is 49.1 Å². The van der Waals surface area contributed by atoms with Gasteiger partial charge in [-0.2, -0.15) is 0 Å². The summed E-state index contributed by atoms with van der Waals surface area (Å²) in [4.78, 5) is 4.67. The van der Waals surface area contributed by atoms with Crippen molar-refractivity contribution in [3.8, 4) is 0 Å². The minimum atomic E-state index is 0.168. The first-order valence-corrected chi connectivity index (χ1v) is 8.78. The van der Waals surface area contributed by atoms with E-state index in [1.165, 1.54) is 11.1 Å². The fourth-order valence-corrected chi connectivity index (χ4v) is 3.17. The Morgan fingerprint density at radius 1 is 1.08 bits per heavy atom. The van der Waals surface area contributed by atoms with Crippen molar-refractivity contribution in [2.45, 2.75) is 20.4 Å². The molecule has 3 rings (SSSR count). The summed E-state index contributed by atoms with van der Waals surface area (Å²) in [6, 6.07) is 6.42. The molecule has 0 amide bonds. The lowest BCUT2D eigenvalue weighted by atomic mass is 10.1. The smallest absolute Gasteiger partial charge is 0.134 e. The van der Waals surface area contributed by atoms with Gasteiger partial charge in [0.15, 0.2) is 0 Å². The van der Waals surface area contributed by atoms with E-state index in [1.54, 1.807) is 0 Å². The van der Waals surface area contributed by atoms with Crippen LogP contribution in [0.25, 0.3) is 11.0 Å². The van der Waals surface area contributed by atoms with E-state index in [4.69, 9.17) is 9.15 Å². The highest BCUT2D eigenvalue weighted by atomic mass is 16.5. The third-order valence-electron chi connectivity index (χ3n) is 4.82. The van der Waals surface area contributed by atoms with Gasteiger partial charge in [0.25, 0.3) is 0 Å². The molecule has 1 aromatic carbocycles. The van der Waals surface area contributed by atoms with Crippen LogP contribution in [0, 0.1) is 13.8 Å². The Labute approximate surface area is 143 Å². The van der Waals surface area contributed by atoms with Crippen LogP contribution in [0.4, 0.5) is 0 Å². The highest BCUT2D eigenvalue weighted by molar-refractivity contribution is 5.79. The number of ether oxygens (including phenoxy) is 1. The van der Waals surface area contributed by atoms with Crippen molar-refractivity contribution in [2.24, 2.45) is 0 Å². The molecule has 24 heavy (non-hydrogen) atoms.